The number of hydrogen-bond acceptors (Lipinski definition) is 10. The average Bonchev–Trinajstić information content (AvgIpc) is 3.59. The maximum atomic E-state index is 16.0. The lowest BCUT2D eigenvalue weighted by atomic mass is 9.49. The molecule has 1 atom stereocenters. The van der Waals surface area contributed by atoms with Gasteiger partial charge in [0, 0.05) is 84.9 Å². The highest BCUT2D eigenvalue weighted by molar-refractivity contribution is 6.31. The van der Waals surface area contributed by atoms with Crippen molar-refractivity contribution in [2.45, 2.75) is 71.3 Å². The molecule has 1 saturated carbocycles. The standard InChI is InChI=1S/C43H39ClFN7O6/c1-42(2)40(43(3,4)41(42)58-26-8-6-23(15-46)31(44)14-26)51-21-30-29(37(51)55)16-47-32(35(30)45)10-5-22-17-49(18-22)25-19-50(20-25)24-7-9-27-28(13-24)39(57)52(38(27)56)33-11-12-34(53)48-36(33)54/h6-9,13-14,16,22,25,33,40-41H,11-12,17-21H2,1-4H3,(H,48,53,54)/t33?,40-,41-. The molecule has 1 aromatic heterocycles. The molecule has 4 fully saturated rings. The number of hydrogen-bond donors (Lipinski definition) is 1. The fourth-order valence-corrected chi connectivity index (χ4v) is 10.4. The predicted molar refractivity (Wildman–Crippen MR) is 207 cm³/mol. The van der Waals surface area contributed by atoms with Crippen LogP contribution in [0.4, 0.5) is 10.1 Å². The van der Waals surface area contributed by atoms with E-state index in [1.807, 2.05) is 33.8 Å². The van der Waals surface area contributed by atoms with Crippen LogP contribution in [-0.4, -0.2) is 99.6 Å². The number of ether oxygens (including phenoxy) is 1. The minimum absolute atomic E-state index is 0.0218. The van der Waals surface area contributed by atoms with E-state index in [2.05, 4.69) is 31.9 Å². The van der Waals surface area contributed by atoms with E-state index in [1.165, 1.54) is 6.20 Å². The maximum absolute atomic E-state index is 16.0. The second-order valence-electron chi connectivity index (χ2n) is 17.2. The number of carbonyl (C=O) groups is 5. The first-order valence-electron chi connectivity index (χ1n) is 19.3. The van der Waals surface area contributed by atoms with Crippen LogP contribution in [0.2, 0.25) is 5.02 Å². The van der Waals surface area contributed by atoms with Crippen molar-refractivity contribution in [1.82, 2.24) is 25.0 Å². The summed E-state index contributed by atoms with van der Waals surface area (Å²) < 4.78 is 22.4. The van der Waals surface area contributed by atoms with Crippen LogP contribution in [0.15, 0.2) is 42.6 Å². The fraction of sp³-hybridized carbons (Fsp3) is 0.419. The molecular weight excluding hydrogens is 765 g/mol. The number of likely N-dealkylation sites (tertiary alicyclic amines) is 1. The van der Waals surface area contributed by atoms with Crippen molar-refractivity contribution in [3.63, 3.8) is 0 Å². The van der Waals surface area contributed by atoms with E-state index in [9.17, 15) is 29.2 Å². The van der Waals surface area contributed by atoms with E-state index in [1.54, 1.807) is 41.3 Å². The first-order valence-corrected chi connectivity index (χ1v) is 19.7. The third kappa shape index (κ3) is 5.76. The molecule has 0 bridgehead atoms. The average molecular weight is 804 g/mol. The van der Waals surface area contributed by atoms with Crippen molar-refractivity contribution in [3.05, 3.63) is 86.9 Å². The molecule has 3 saturated heterocycles. The summed E-state index contributed by atoms with van der Waals surface area (Å²) in [6.45, 7) is 11.1. The van der Waals surface area contributed by atoms with Crippen LogP contribution in [0.3, 0.4) is 0 Å². The molecule has 2 aromatic carbocycles. The summed E-state index contributed by atoms with van der Waals surface area (Å²) in [5.74, 6) is 3.72. The lowest BCUT2D eigenvalue weighted by molar-refractivity contribution is -0.199. The molecule has 9 rings (SSSR count). The van der Waals surface area contributed by atoms with Gasteiger partial charge < -0.3 is 14.5 Å². The monoisotopic (exact) mass is 803 g/mol. The minimum atomic E-state index is -1.01. The number of nitrogens with one attached hydrogen (secondary N) is 1. The van der Waals surface area contributed by atoms with Gasteiger partial charge in [-0.3, -0.25) is 39.1 Å². The van der Waals surface area contributed by atoms with Gasteiger partial charge in [-0.2, -0.15) is 5.26 Å². The molecule has 1 unspecified atom stereocenters. The highest BCUT2D eigenvalue weighted by atomic mass is 35.5. The van der Waals surface area contributed by atoms with E-state index in [4.69, 9.17) is 16.3 Å². The van der Waals surface area contributed by atoms with Crippen molar-refractivity contribution >= 4 is 46.8 Å². The SMILES string of the molecule is CC1(C)[C@H](Oc2ccc(C#N)c(Cl)c2)C(C)(C)[C@H]1N1Cc2c(cnc(C#CC3CN(C4CN(c5ccc6c(c5)C(=O)N(C5CCC(=O)NC5=O)C6=O)C4)C3)c2F)C1=O. The number of nitriles is 1. The van der Waals surface area contributed by atoms with Crippen LogP contribution in [0, 0.1) is 45.7 Å². The molecule has 0 radical (unpaired) electrons. The zero-order valence-electron chi connectivity index (χ0n) is 32.3. The van der Waals surface area contributed by atoms with Crippen LogP contribution in [0.5, 0.6) is 5.75 Å². The predicted octanol–water partition coefficient (Wildman–Crippen LogP) is 4.16. The fourth-order valence-electron chi connectivity index (χ4n) is 10.2. The Morgan fingerprint density at radius 3 is 2.34 bits per heavy atom. The molecular formula is C43H39ClFN7O6. The lowest BCUT2D eigenvalue weighted by Gasteiger charge is -2.65. The van der Waals surface area contributed by atoms with Gasteiger partial charge in [0.25, 0.3) is 17.7 Å². The summed E-state index contributed by atoms with van der Waals surface area (Å²) in [6, 6.07) is 11.1. The number of halogens is 2. The van der Waals surface area contributed by atoms with E-state index >= 15 is 4.39 Å². The molecule has 296 valence electrons. The number of rotatable bonds is 6. The Hall–Kier alpha value is -5.83. The summed E-state index contributed by atoms with van der Waals surface area (Å²) in [5.41, 5.74) is 1.23. The number of benzene rings is 2. The summed E-state index contributed by atoms with van der Waals surface area (Å²) in [7, 11) is 0. The first-order chi connectivity index (χ1) is 27.6. The third-order valence-corrected chi connectivity index (χ3v) is 13.1. The zero-order valence-corrected chi connectivity index (χ0v) is 33.0. The molecule has 6 heterocycles. The lowest BCUT2D eigenvalue weighted by Crippen LogP contribution is -2.74. The Labute approximate surface area is 339 Å². The van der Waals surface area contributed by atoms with Crippen molar-refractivity contribution < 1.29 is 33.1 Å². The number of amides is 5. The smallest absolute Gasteiger partial charge is 0.262 e. The molecule has 0 spiro atoms. The molecule has 13 nitrogen and oxygen atoms in total. The topological polar surface area (TPSA) is 156 Å². The molecule has 6 aliphatic rings. The highest BCUT2D eigenvalue weighted by Crippen LogP contribution is 2.59. The molecule has 3 aromatic rings. The number of carbonyl (C=O) groups excluding carboxylic acids is 5. The van der Waals surface area contributed by atoms with Crippen LogP contribution in [0.1, 0.15) is 88.4 Å². The van der Waals surface area contributed by atoms with Crippen LogP contribution >= 0.6 is 11.6 Å². The normalized spacial score (nSPS) is 24.9. The highest BCUT2D eigenvalue weighted by Gasteiger charge is 2.67. The van der Waals surface area contributed by atoms with Gasteiger partial charge in [-0.25, -0.2) is 9.37 Å². The molecule has 1 aliphatic carbocycles. The molecule has 15 heteroatoms. The Balaban J connectivity index is 0.799. The first kappa shape index (κ1) is 37.7. The number of piperidine rings is 1. The summed E-state index contributed by atoms with van der Waals surface area (Å²) in [5, 5.41) is 11.8. The van der Waals surface area contributed by atoms with E-state index < -0.39 is 46.3 Å². The quantitative estimate of drug-likeness (QED) is 0.284. The maximum Gasteiger partial charge on any atom is 0.262 e. The summed E-state index contributed by atoms with van der Waals surface area (Å²) in [4.78, 5) is 75.4. The number of imide groups is 2. The third-order valence-electron chi connectivity index (χ3n) is 12.8. The Kier molecular flexibility index (Phi) is 8.69. The number of pyridine rings is 1. The van der Waals surface area contributed by atoms with Gasteiger partial charge in [0.2, 0.25) is 11.8 Å². The van der Waals surface area contributed by atoms with E-state index in [0.29, 0.717) is 48.1 Å². The van der Waals surface area contributed by atoms with E-state index in [0.717, 1.165) is 10.6 Å². The molecule has 5 aliphatic heterocycles. The van der Waals surface area contributed by atoms with Crippen molar-refractivity contribution in [3.8, 4) is 23.7 Å². The van der Waals surface area contributed by atoms with Crippen LogP contribution < -0.4 is 15.0 Å². The van der Waals surface area contributed by atoms with Gasteiger partial charge in [-0.05, 0) is 42.7 Å². The van der Waals surface area contributed by atoms with Gasteiger partial charge in [-0.1, -0.05) is 45.2 Å². The van der Waals surface area contributed by atoms with Crippen LogP contribution in [0.25, 0.3) is 0 Å². The minimum Gasteiger partial charge on any atom is -0.489 e. The van der Waals surface area contributed by atoms with Crippen molar-refractivity contribution in [2.24, 2.45) is 16.7 Å². The second kappa shape index (κ2) is 13.4. The summed E-state index contributed by atoms with van der Waals surface area (Å²) >= 11 is 6.25. The molecule has 5 amide bonds. The number of anilines is 1. The van der Waals surface area contributed by atoms with Gasteiger partial charge in [0.05, 0.1) is 33.8 Å². The van der Waals surface area contributed by atoms with Gasteiger partial charge in [0.1, 0.15) is 29.7 Å². The van der Waals surface area contributed by atoms with Crippen LogP contribution in [-0.2, 0) is 16.1 Å². The van der Waals surface area contributed by atoms with Crippen molar-refractivity contribution in [2.75, 3.05) is 31.1 Å². The van der Waals surface area contributed by atoms with Gasteiger partial charge in [0.15, 0.2) is 5.82 Å². The summed E-state index contributed by atoms with van der Waals surface area (Å²) in [6.07, 6.45) is 1.30. The Bertz CT molecular complexity index is 2460. The molecule has 58 heavy (non-hydrogen) atoms. The Morgan fingerprint density at radius 1 is 0.931 bits per heavy atom. The zero-order chi connectivity index (χ0) is 41.0. The molecule has 1 N–H and O–H groups in total. The van der Waals surface area contributed by atoms with E-state index in [-0.39, 0.29) is 71.8 Å². The number of aromatic nitrogens is 1. The second-order valence-corrected chi connectivity index (χ2v) is 17.6. The number of fused-ring (bicyclic) bond motifs is 2. The van der Waals surface area contributed by atoms with Gasteiger partial charge in [-0.15, -0.1) is 0 Å². The van der Waals surface area contributed by atoms with Gasteiger partial charge >= 0.3 is 0 Å². The Morgan fingerprint density at radius 2 is 1.66 bits per heavy atom. The number of nitrogens with zero attached hydrogens (tertiary/aromatic N) is 6. The van der Waals surface area contributed by atoms with Crippen molar-refractivity contribution in [1.29, 1.82) is 5.26 Å². The largest absolute Gasteiger partial charge is 0.489 e.